The van der Waals surface area contributed by atoms with Crippen molar-refractivity contribution < 1.29 is 0 Å². The molecule has 1 aliphatic rings. The van der Waals surface area contributed by atoms with E-state index in [0.29, 0.717) is 6.04 Å². The molecule has 0 saturated heterocycles. The van der Waals surface area contributed by atoms with Gasteiger partial charge in [0.05, 0.1) is 5.69 Å². The fraction of sp³-hybridized carbons (Fsp3) is 0.500. The first-order valence-electron chi connectivity index (χ1n) is 7.32. The summed E-state index contributed by atoms with van der Waals surface area (Å²) >= 11 is 0. The smallest absolute Gasteiger partial charge is 0.176 e. The highest BCUT2D eigenvalue weighted by Crippen LogP contribution is 2.40. The Balaban J connectivity index is 2.01. The zero-order valence-corrected chi connectivity index (χ0v) is 12.4. The van der Waals surface area contributed by atoms with Crippen LogP contribution in [0.15, 0.2) is 24.5 Å². The molecule has 4 heteroatoms. The number of fused-ring (bicyclic) bond motifs is 1. The number of aromatic amines is 1. The zero-order chi connectivity index (χ0) is 14.2. The number of H-pyrrole nitrogens is 1. The van der Waals surface area contributed by atoms with Gasteiger partial charge in [-0.25, -0.2) is 9.97 Å². The van der Waals surface area contributed by atoms with E-state index in [9.17, 15) is 0 Å². The lowest BCUT2D eigenvalue weighted by Crippen LogP contribution is -2.34. The highest BCUT2D eigenvalue weighted by Gasteiger charge is 2.33. The number of aromatic nitrogens is 3. The van der Waals surface area contributed by atoms with Crippen LogP contribution in [0.1, 0.15) is 44.5 Å². The van der Waals surface area contributed by atoms with E-state index in [4.69, 9.17) is 4.98 Å². The minimum atomic E-state index is 0.279. The summed E-state index contributed by atoms with van der Waals surface area (Å²) in [6.07, 6.45) is 6.06. The summed E-state index contributed by atoms with van der Waals surface area (Å²) in [5.41, 5.74) is 3.71. The van der Waals surface area contributed by atoms with Gasteiger partial charge in [-0.2, -0.15) is 0 Å². The molecule has 0 bridgehead atoms. The van der Waals surface area contributed by atoms with Crippen molar-refractivity contribution in [3.05, 3.63) is 35.8 Å². The molecule has 4 nitrogen and oxygen atoms in total. The van der Waals surface area contributed by atoms with E-state index in [-0.39, 0.29) is 5.41 Å². The van der Waals surface area contributed by atoms with Crippen molar-refractivity contribution >= 4 is 0 Å². The van der Waals surface area contributed by atoms with Crippen LogP contribution in [0.25, 0.3) is 11.5 Å². The summed E-state index contributed by atoms with van der Waals surface area (Å²) in [6, 6.07) is 4.36. The van der Waals surface area contributed by atoms with Crippen molar-refractivity contribution in [1.82, 2.24) is 20.3 Å². The molecule has 0 aromatic carbocycles. The molecule has 2 N–H and O–H groups in total. The minimum Gasteiger partial charge on any atom is -0.359 e. The summed E-state index contributed by atoms with van der Waals surface area (Å²) in [5.74, 6) is 0.793. The van der Waals surface area contributed by atoms with E-state index in [1.54, 1.807) is 0 Å². The lowest BCUT2D eigenvalue weighted by molar-refractivity contribution is 0.255. The summed E-state index contributed by atoms with van der Waals surface area (Å²) in [4.78, 5) is 12.5. The Morgan fingerprint density at radius 3 is 3.00 bits per heavy atom. The number of nitrogens with one attached hydrogen (secondary N) is 2. The molecule has 20 heavy (non-hydrogen) atoms. The van der Waals surface area contributed by atoms with Crippen LogP contribution in [0, 0.1) is 5.41 Å². The molecule has 1 aliphatic carbocycles. The zero-order valence-electron chi connectivity index (χ0n) is 12.4. The van der Waals surface area contributed by atoms with Gasteiger partial charge >= 0.3 is 0 Å². The second-order valence-electron chi connectivity index (χ2n) is 6.33. The number of nitrogens with zero attached hydrogens (tertiary/aromatic N) is 2. The molecule has 3 rings (SSSR count). The Morgan fingerprint density at radius 1 is 1.45 bits per heavy atom. The van der Waals surface area contributed by atoms with Gasteiger partial charge in [0.25, 0.3) is 0 Å². The fourth-order valence-electron chi connectivity index (χ4n) is 3.07. The van der Waals surface area contributed by atoms with E-state index < -0.39 is 0 Å². The highest BCUT2D eigenvalue weighted by molar-refractivity contribution is 5.50. The molecule has 0 fully saturated rings. The molecule has 2 aromatic heterocycles. The van der Waals surface area contributed by atoms with Crippen LogP contribution >= 0.6 is 0 Å². The van der Waals surface area contributed by atoms with Crippen molar-refractivity contribution in [3.8, 4) is 11.5 Å². The Labute approximate surface area is 120 Å². The third kappa shape index (κ3) is 2.48. The maximum atomic E-state index is 4.80. The van der Waals surface area contributed by atoms with Gasteiger partial charge in [0.2, 0.25) is 0 Å². The lowest BCUT2D eigenvalue weighted by Gasteiger charge is -2.36. The molecule has 0 amide bonds. The Kier molecular flexibility index (Phi) is 3.34. The Morgan fingerprint density at radius 2 is 2.30 bits per heavy atom. The van der Waals surface area contributed by atoms with Crippen LogP contribution in [0.4, 0.5) is 0 Å². The van der Waals surface area contributed by atoms with Gasteiger partial charge < -0.3 is 10.3 Å². The Bertz CT molecular complexity index is 587. The monoisotopic (exact) mass is 270 g/mol. The Hall–Kier alpha value is -1.68. The fourth-order valence-corrected chi connectivity index (χ4v) is 3.07. The summed E-state index contributed by atoms with van der Waals surface area (Å²) < 4.78 is 0. The van der Waals surface area contributed by atoms with Crippen molar-refractivity contribution in [1.29, 1.82) is 0 Å². The normalized spacial score (nSPS) is 20.6. The quantitative estimate of drug-likeness (QED) is 0.901. The van der Waals surface area contributed by atoms with Crippen LogP contribution in [-0.4, -0.2) is 21.5 Å². The number of rotatable bonds is 3. The number of hydrogen-bond acceptors (Lipinski definition) is 3. The van der Waals surface area contributed by atoms with Crippen LogP contribution in [0.5, 0.6) is 0 Å². The van der Waals surface area contributed by atoms with Crippen molar-refractivity contribution in [2.24, 2.45) is 5.41 Å². The van der Waals surface area contributed by atoms with E-state index in [0.717, 1.165) is 30.9 Å². The predicted octanol–water partition coefficient (Wildman–Crippen LogP) is 3.09. The van der Waals surface area contributed by atoms with Gasteiger partial charge in [-0.3, -0.25) is 0 Å². The summed E-state index contributed by atoms with van der Waals surface area (Å²) in [5, 5.41) is 3.56. The predicted molar refractivity (Wildman–Crippen MR) is 80.3 cm³/mol. The molecule has 0 radical (unpaired) electrons. The standard InChI is InChI=1S/C16H22N4/c1-4-17-13-8-16(2,3)9-14-11(13)10-19-15(20-14)12-6-5-7-18-12/h5-7,10,13,17-18H,4,8-9H2,1-3H3. The topological polar surface area (TPSA) is 53.6 Å². The molecule has 2 heterocycles. The average Bonchev–Trinajstić information content (AvgIpc) is 2.90. The van der Waals surface area contributed by atoms with E-state index in [1.165, 1.54) is 11.3 Å². The van der Waals surface area contributed by atoms with Gasteiger partial charge in [0, 0.05) is 29.7 Å². The first-order chi connectivity index (χ1) is 9.59. The molecule has 0 spiro atoms. The summed E-state index contributed by atoms with van der Waals surface area (Å²) in [6.45, 7) is 7.75. The van der Waals surface area contributed by atoms with Crippen molar-refractivity contribution in [3.63, 3.8) is 0 Å². The molecule has 2 aromatic rings. The molecule has 106 valence electrons. The van der Waals surface area contributed by atoms with Crippen LogP contribution in [0.2, 0.25) is 0 Å². The minimum absolute atomic E-state index is 0.279. The van der Waals surface area contributed by atoms with E-state index in [1.807, 2.05) is 24.5 Å². The third-order valence-electron chi connectivity index (χ3n) is 3.97. The van der Waals surface area contributed by atoms with Crippen molar-refractivity contribution in [2.45, 2.75) is 39.7 Å². The first kappa shape index (κ1) is 13.3. The van der Waals surface area contributed by atoms with E-state index >= 15 is 0 Å². The largest absolute Gasteiger partial charge is 0.359 e. The molecular formula is C16H22N4. The lowest BCUT2D eigenvalue weighted by atomic mass is 9.74. The molecule has 1 unspecified atom stereocenters. The average molecular weight is 270 g/mol. The second kappa shape index (κ2) is 5.02. The van der Waals surface area contributed by atoms with Crippen molar-refractivity contribution in [2.75, 3.05) is 6.54 Å². The maximum Gasteiger partial charge on any atom is 0.176 e. The molecule has 0 saturated carbocycles. The van der Waals surface area contributed by atoms with Crippen LogP contribution in [-0.2, 0) is 6.42 Å². The van der Waals surface area contributed by atoms with Gasteiger partial charge in [0.15, 0.2) is 5.82 Å². The SMILES string of the molecule is CCNC1CC(C)(C)Cc2nc(-c3ccc[nH]3)ncc21. The van der Waals surface area contributed by atoms with Gasteiger partial charge in [-0.05, 0) is 36.9 Å². The van der Waals surface area contributed by atoms with Gasteiger partial charge in [-0.15, -0.1) is 0 Å². The third-order valence-corrected chi connectivity index (χ3v) is 3.97. The van der Waals surface area contributed by atoms with Crippen LogP contribution < -0.4 is 5.32 Å². The molecule has 1 atom stereocenters. The molecular weight excluding hydrogens is 248 g/mol. The summed E-state index contributed by atoms with van der Waals surface area (Å²) in [7, 11) is 0. The maximum absolute atomic E-state index is 4.80. The second-order valence-corrected chi connectivity index (χ2v) is 6.33. The number of hydrogen-bond donors (Lipinski definition) is 2. The molecule has 0 aliphatic heterocycles. The van der Waals surface area contributed by atoms with Gasteiger partial charge in [-0.1, -0.05) is 20.8 Å². The van der Waals surface area contributed by atoms with Gasteiger partial charge in [0.1, 0.15) is 0 Å². The highest BCUT2D eigenvalue weighted by atomic mass is 15.0. The first-order valence-corrected chi connectivity index (χ1v) is 7.32. The van der Waals surface area contributed by atoms with Crippen LogP contribution in [0.3, 0.4) is 0 Å². The van der Waals surface area contributed by atoms with E-state index in [2.05, 4.69) is 36.1 Å².